The van der Waals surface area contributed by atoms with Crippen LogP contribution < -0.4 is 16.4 Å². The van der Waals surface area contributed by atoms with Gasteiger partial charge in [0.1, 0.15) is 0 Å². The van der Waals surface area contributed by atoms with Gasteiger partial charge in [-0.2, -0.15) is 0 Å². The predicted octanol–water partition coefficient (Wildman–Crippen LogP) is 1.81. The highest BCUT2D eigenvalue weighted by Gasteiger charge is 2.45. The van der Waals surface area contributed by atoms with E-state index in [1.807, 2.05) is 12.1 Å². The van der Waals surface area contributed by atoms with Gasteiger partial charge in [-0.1, -0.05) is 15.9 Å². The van der Waals surface area contributed by atoms with Crippen LogP contribution in [-0.2, 0) is 9.59 Å². The van der Waals surface area contributed by atoms with E-state index in [0.29, 0.717) is 6.54 Å². The number of carbonyl (C=O) groups excluding carboxylic acids is 2. The number of carbonyl (C=O) groups is 2. The van der Waals surface area contributed by atoms with E-state index in [4.69, 9.17) is 5.73 Å². The zero-order valence-electron chi connectivity index (χ0n) is 10.8. The van der Waals surface area contributed by atoms with Gasteiger partial charge in [0, 0.05) is 23.1 Å². The van der Waals surface area contributed by atoms with Crippen molar-refractivity contribution in [1.29, 1.82) is 0 Å². The van der Waals surface area contributed by atoms with Crippen molar-refractivity contribution < 1.29 is 9.59 Å². The maximum absolute atomic E-state index is 11.6. The summed E-state index contributed by atoms with van der Waals surface area (Å²) in [6, 6.07) is 7.31. The molecule has 2 amide bonds. The van der Waals surface area contributed by atoms with Gasteiger partial charge in [-0.25, -0.2) is 0 Å². The summed E-state index contributed by atoms with van der Waals surface area (Å²) in [5, 5.41) is 5.43. The molecule has 1 fully saturated rings. The maximum atomic E-state index is 11.6. The molecule has 1 saturated carbocycles. The zero-order chi connectivity index (χ0) is 13.9. The van der Waals surface area contributed by atoms with Crippen LogP contribution in [0.25, 0.3) is 0 Å². The van der Waals surface area contributed by atoms with Crippen LogP contribution >= 0.6 is 28.3 Å². The molecule has 1 aliphatic rings. The summed E-state index contributed by atoms with van der Waals surface area (Å²) in [7, 11) is 0. The summed E-state index contributed by atoms with van der Waals surface area (Å²) >= 11 is 3.32. The van der Waals surface area contributed by atoms with Gasteiger partial charge in [0.2, 0.25) is 11.8 Å². The molecular weight excluding hydrogens is 346 g/mol. The van der Waals surface area contributed by atoms with Crippen molar-refractivity contribution in [3.8, 4) is 0 Å². The predicted molar refractivity (Wildman–Crippen MR) is 83.8 cm³/mol. The number of hydrogen-bond acceptors (Lipinski definition) is 3. The van der Waals surface area contributed by atoms with E-state index in [0.717, 1.165) is 23.0 Å². The van der Waals surface area contributed by atoms with E-state index in [1.165, 1.54) is 0 Å². The summed E-state index contributed by atoms with van der Waals surface area (Å²) < 4.78 is 0.954. The van der Waals surface area contributed by atoms with Crippen LogP contribution in [0, 0.1) is 0 Å². The maximum Gasteiger partial charge on any atom is 0.240 e. The highest BCUT2D eigenvalue weighted by molar-refractivity contribution is 9.10. The van der Waals surface area contributed by atoms with Crippen molar-refractivity contribution in [3.63, 3.8) is 0 Å². The Morgan fingerprint density at radius 2 is 1.85 bits per heavy atom. The average Bonchev–Trinajstić information content (AvgIpc) is 3.11. The number of anilines is 1. The van der Waals surface area contributed by atoms with Gasteiger partial charge >= 0.3 is 0 Å². The first kappa shape index (κ1) is 16.9. The molecule has 0 aliphatic heterocycles. The van der Waals surface area contributed by atoms with Crippen LogP contribution in [0.15, 0.2) is 28.7 Å². The van der Waals surface area contributed by atoms with E-state index in [2.05, 4.69) is 26.6 Å². The topological polar surface area (TPSA) is 84.2 Å². The second kappa shape index (κ2) is 7.06. The lowest BCUT2D eigenvalue weighted by molar-refractivity contribution is -0.123. The molecule has 0 heterocycles. The van der Waals surface area contributed by atoms with E-state index in [1.54, 1.807) is 12.1 Å². The number of nitrogens with two attached hydrogens (primary N) is 1. The lowest BCUT2D eigenvalue weighted by atomic mass is 10.2. The normalized spacial score (nSPS) is 14.9. The monoisotopic (exact) mass is 361 g/mol. The molecule has 0 aromatic heterocycles. The van der Waals surface area contributed by atoms with Crippen molar-refractivity contribution in [2.75, 3.05) is 11.9 Å². The Bertz CT molecular complexity index is 489. The molecule has 0 radical (unpaired) electrons. The Kier molecular flexibility index (Phi) is 5.98. The molecule has 0 saturated heterocycles. The van der Waals surface area contributed by atoms with Crippen molar-refractivity contribution in [1.82, 2.24) is 5.32 Å². The van der Waals surface area contributed by atoms with Gasteiger partial charge in [0.25, 0.3) is 0 Å². The highest BCUT2D eigenvalue weighted by atomic mass is 79.9. The molecular formula is C13H17BrClN3O2. The van der Waals surface area contributed by atoms with Gasteiger partial charge in [0.05, 0.1) is 5.54 Å². The molecule has 1 aliphatic carbocycles. The number of halogens is 2. The van der Waals surface area contributed by atoms with E-state index < -0.39 is 5.54 Å². The Labute approximate surface area is 132 Å². The first-order chi connectivity index (χ1) is 8.99. The minimum Gasteiger partial charge on any atom is -0.354 e. The SMILES string of the molecule is Cl.NC1(C(=O)NCCC(=O)Nc2ccc(Br)cc2)CC1. The standard InChI is InChI=1S/C13H16BrN3O2.ClH/c14-9-1-3-10(4-2-9)17-11(18)5-8-16-12(19)13(15)6-7-13;/h1-4H,5-8,15H2,(H,16,19)(H,17,18);1H. The number of hydrogen-bond donors (Lipinski definition) is 3. The molecule has 5 nitrogen and oxygen atoms in total. The number of benzene rings is 1. The van der Waals surface area contributed by atoms with Gasteiger partial charge in [-0.3, -0.25) is 9.59 Å². The van der Waals surface area contributed by atoms with E-state index in [-0.39, 0.29) is 30.6 Å². The number of rotatable bonds is 5. The highest BCUT2D eigenvalue weighted by Crippen LogP contribution is 2.31. The Balaban J connectivity index is 0.00000200. The lowest BCUT2D eigenvalue weighted by Gasteiger charge is -2.10. The first-order valence-corrected chi connectivity index (χ1v) is 6.91. The molecule has 0 spiro atoms. The van der Waals surface area contributed by atoms with Gasteiger partial charge in [-0.05, 0) is 37.1 Å². The fraction of sp³-hybridized carbons (Fsp3) is 0.385. The summed E-state index contributed by atoms with van der Waals surface area (Å²) in [4.78, 5) is 23.2. The fourth-order valence-electron chi connectivity index (χ4n) is 1.58. The van der Waals surface area contributed by atoms with Crippen LogP contribution in [0.3, 0.4) is 0 Å². The van der Waals surface area contributed by atoms with Crippen LogP contribution in [-0.4, -0.2) is 23.9 Å². The zero-order valence-corrected chi connectivity index (χ0v) is 13.2. The van der Waals surface area contributed by atoms with E-state index >= 15 is 0 Å². The largest absolute Gasteiger partial charge is 0.354 e. The van der Waals surface area contributed by atoms with Crippen LogP contribution in [0.4, 0.5) is 5.69 Å². The molecule has 20 heavy (non-hydrogen) atoms. The van der Waals surface area contributed by atoms with Crippen molar-refractivity contribution >= 4 is 45.8 Å². The van der Waals surface area contributed by atoms with E-state index in [9.17, 15) is 9.59 Å². The minimum absolute atomic E-state index is 0. The Morgan fingerprint density at radius 3 is 2.40 bits per heavy atom. The van der Waals surface area contributed by atoms with Gasteiger partial charge in [0.15, 0.2) is 0 Å². The molecule has 0 atom stereocenters. The third-order valence-corrected chi connectivity index (χ3v) is 3.54. The van der Waals surface area contributed by atoms with Gasteiger partial charge < -0.3 is 16.4 Å². The first-order valence-electron chi connectivity index (χ1n) is 6.12. The minimum atomic E-state index is -0.678. The Morgan fingerprint density at radius 1 is 1.25 bits per heavy atom. The quantitative estimate of drug-likeness (QED) is 0.747. The number of amides is 2. The molecule has 7 heteroatoms. The molecule has 1 aromatic carbocycles. The molecule has 0 bridgehead atoms. The van der Waals surface area contributed by atoms with Crippen LogP contribution in [0.5, 0.6) is 0 Å². The third kappa shape index (κ3) is 4.77. The lowest BCUT2D eigenvalue weighted by Crippen LogP contribution is -2.43. The molecule has 1 aromatic rings. The fourth-order valence-corrected chi connectivity index (χ4v) is 1.85. The summed E-state index contributed by atoms with van der Waals surface area (Å²) in [6.45, 7) is 0.306. The van der Waals surface area contributed by atoms with Crippen molar-refractivity contribution in [2.45, 2.75) is 24.8 Å². The summed E-state index contributed by atoms with van der Waals surface area (Å²) in [6.07, 6.45) is 1.69. The molecule has 2 rings (SSSR count). The summed E-state index contributed by atoms with van der Waals surface area (Å²) in [5.74, 6) is -0.298. The van der Waals surface area contributed by atoms with Crippen LogP contribution in [0.1, 0.15) is 19.3 Å². The van der Waals surface area contributed by atoms with Gasteiger partial charge in [-0.15, -0.1) is 12.4 Å². The third-order valence-electron chi connectivity index (χ3n) is 3.01. The summed E-state index contributed by atoms with van der Waals surface area (Å²) in [5.41, 5.74) is 5.78. The average molecular weight is 363 g/mol. The van der Waals surface area contributed by atoms with Crippen molar-refractivity contribution in [3.05, 3.63) is 28.7 Å². The molecule has 4 N–H and O–H groups in total. The van der Waals surface area contributed by atoms with Crippen molar-refractivity contribution in [2.24, 2.45) is 5.73 Å². The smallest absolute Gasteiger partial charge is 0.240 e. The number of nitrogens with one attached hydrogen (secondary N) is 2. The second-order valence-corrected chi connectivity index (χ2v) is 5.63. The van der Waals surface area contributed by atoms with Crippen LogP contribution in [0.2, 0.25) is 0 Å². The second-order valence-electron chi connectivity index (χ2n) is 4.72. The molecule has 110 valence electrons. The Hall–Kier alpha value is -1.11. The molecule has 0 unspecified atom stereocenters.